The molecule has 2 rings (SSSR count). The van der Waals surface area contributed by atoms with Crippen LogP contribution in [0.15, 0.2) is 30.3 Å². The first-order chi connectivity index (χ1) is 11.9. The number of nitrogens with one attached hydrogen (secondary N) is 1. The molecule has 25 heavy (non-hydrogen) atoms. The van der Waals surface area contributed by atoms with Gasteiger partial charge in [-0.05, 0) is 24.3 Å². The Hall–Kier alpha value is -1.64. The molecule has 0 aliphatic carbocycles. The van der Waals surface area contributed by atoms with Crippen molar-refractivity contribution in [1.29, 1.82) is 0 Å². The van der Waals surface area contributed by atoms with Gasteiger partial charge in [-0.2, -0.15) is 0 Å². The maximum Gasteiger partial charge on any atom is 0.317 e. The molecule has 1 aromatic carbocycles. The van der Waals surface area contributed by atoms with Gasteiger partial charge in [-0.25, -0.2) is 17.5 Å². The summed E-state index contributed by atoms with van der Waals surface area (Å²) < 4.78 is 24.8. The lowest BCUT2D eigenvalue weighted by atomic mass is 10.00. The molecular weight excluding hydrogens is 342 g/mol. The van der Waals surface area contributed by atoms with Crippen LogP contribution in [-0.4, -0.2) is 67.8 Å². The number of nitrogens with zero attached hydrogens (tertiary/aromatic N) is 2. The Morgan fingerprint density at radius 2 is 2.08 bits per heavy atom. The van der Waals surface area contributed by atoms with E-state index in [1.165, 1.54) is 10.6 Å². The standard InChI is InChI=1S/C17H27N3O4S/c1-25(23,24)20-9-5-8-16(14-20)12-18-17(22)19(10-11-21)13-15-6-3-2-4-7-15/h2-4,6-7,16,21H,5,8-14H2,1H3,(H,18,22)/t16-/m0/s1. The number of hydrogen-bond acceptors (Lipinski definition) is 4. The molecule has 0 unspecified atom stereocenters. The predicted octanol–water partition coefficient (Wildman–Crippen LogP) is 0.862. The highest BCUT2D eigenvalue weighted by Crippen LogP contribution is 2.18. The van der Waals surface area contributed by atoms with Crippen LogP contribution in [0.2, 0.25) is 0 Å². The maximum absolute atomic E-state index is 12.4. The molecule has 7 nitrogen and oxygen atoms in total. The topological polar surface area (TPSA) is 90.0 Å². The largest absolute Gasteiger partial charge is 0.395 e. The van der Waals surface area contributed by atoms with Crippen LogP contribution in [0.1, 0.15) is 18.4 Å². The van der Waals surface area contributed by atoms with Crippen molar-refractivity contribution in [2.45, 2.75) is 19.4 Å². The molecule has 1 heterocycles. The van der Waals surface area contributed by atoms with Gasteiger partial charge in [0, 0.05) is 32.7 Å². The summed E-state index contributed by atoms with van der Waals surface area (Å²) in [5, 5.41) is 12.1. The van der Waals surface area contributed by atoms with Crippen molar-refractivity contribution >= 4 is 16.1 Å². The Morgan fingerprint density at radius 3 is 2.72 bits per heavy atom. The Labute approximate surface area is 149 Å². The second-order valence-electron chi connectivity index (χ2n) is 6.45. The van der Waals surface area contributed by atoms with Crippen molar-refractivity contribution in [3.05, 3.63) is 35.9 Å². The third-order valence-corrected chi connectivity index (χ3v) is 5.64. The van der Waals surface area contributed by atoms with E-state index in [0.29, 0.717) is 26.2 Å². The summed E-state index contributed by atoms with van der Waals surface area (Å²) in [4.78, 5) is 14.0. The van der Waals surface area contributed by atoms with Crippen molar-refractivity contribution in [3.63, 3.8) is 0 Å². The van der Waals surface area contributed by atoms with E-state index in [2.05, 4.69) is 5.32 Å². The average molecular weight is 369 g/mol. The Morgan fingerprint density at radius 1 is 1.36 bits per heavy atom. The highest BCUT2D eigenvalue weighted by molar-refractivity contribution is 7.88. The quantitative estimate of drug-likeness (QED) is 0.746. The van der Waals surface area contributed by atoms with E-state index in [1.54, 1.807) is 4.90 Å². The predicted molar refractivity (Wildman–Crippen MR) is 96.5 cm³/mol. The second kappa shape index (κ2) is 9.17. The van der Waals surface area contributed by atoms with E-state index in [9.17, 15) is 18.3 Å². The first kappa shape index (κ1) is 19.7. The molecule has 0 saturated carbocycles. The monoisotopic (exact) mass is 369 g/mol. The molecule has 1 saturated heterocycles. The van der Waals surface area contributed by atoms with E-state index in [1.807, 2.05) is 30.3 Å². The number of benzene rings is 1. The fourth-order valence-electron chi connectivity index (χ4n) is 3.02. The summed E-state index contributed by atoms with van der Waals surface area (Å²) in [6.07, 6.45) is 2.92. The van der Waals surface area contributed by atoms with Gasteiger partial charge >= 0.3 is 6.03 Å². The number of carbonyl (C=O) groups is 1. The van der Waals surface area contributed by atoms with Gasteiger partial charge in [0.05, 0.1) is 12.9 Å². The lowest BCUT2D eigenvalue weighted by Gasteiger charge is -2.31. The Balaban J connectivity index is 1.88. The van der Waals surface area contributed by atoms with Gasteiger partial charge in [0.25, 0.3) is 0 Å². The summed E-state index contributed by atoms with van der Waals surface area (Å²) in [5.41, 5.74) is 0.993. The molecule has 0 bridgehead atoms. The molecule has 1 aliphatic heterocycles. The fraction of sp³-hybridized carbons (Fsp3) is 0.588. The summed E-state index contributed by atoms with van der Waals surface area (Å²) >= 11 is 0. The van der Waals surface area contributed by atoms with Crippen LogP contribution in [0.3, 0.4) is 0 Å². The number of sulfonamides is 1. The first-order valence-electron chi connectivity index (χ1n) is 8.53. The Kier molecular flexibility index (Phi) is 7.22. The number of amides is 2. The highest BCUT2D eigenvalue weighted by atomic mass is 32.2. The van der Waals surface area contributed by atoms with Gasteiger partial charge in [-0.3, -0.25) is 0 Å². The van der Waals surface area contributed by atoms with Crippen molar-refractivity contribution in [3.8, 4) is 0 Å². The zero-order valence-electron chi connectivity index (χ0n) is 14.6. The third-order valence-electron chi connectivity index (χ3n) is 4.37. The smallest absolute Gasteiger partial charge is 0.317 e. The van der Waals surface area contributed by atoms with Crippen LogP contribution >= 0.6 is 0 Å². The minimum atomic E-state index is -3.19. The zero-order chi connectivity index (χ0) is 18.3. The van der Waals surface area contributed by atoms with E-state index in [-0.39, 0.29) is 25.1 Å². The van der Waals surface area contributed by atoms with Crippen LogP contribution < -0.4 is 5.32 Å². The number of urea groups is 1. The summed E-state index contributed by atoms with van der Waals surface area (Å²) in [6, 6.07) is 9.36. The van der Waals surface area contributed by atoms with Crippen molar-refractivity contribution in [1.82, 2.24) is 14.5 Å². The van der Waals surface area contributed by atoms with Gasteiger partial charge in [0.2, 0.25) is 10.0 Å². The third kappa shape index (κ3) is 6.30. The number of hydrogen-bond donors (Lipinski definition) is 2. The minimum Gasteiger partial charge on any atom is -0.395 e. The number of aliphatic hydroxyl groups excluding tert-OH is 1. The molecule has 2 N–H and O–H groups in total. The minimum absolute atomic E-state index is 0.106. The Bertz CT molecular complexity index is 651. The lowest BCUT2D eigenvalue weighted by Crippen LogP contribution is -2.46. The normalized spacial score (nSPS) is 18.7. The van der Waals surface area contributed by atoms with Gasteiger partial charge in [-0.15, -0.1) is 0 Å². The molecule has 1 fully saturated rings. The molecule has 2 amide bonds. The maximum atomic E-state index is 12.4. The summed E-state index contributed by atoms with van der Waals surface area (Å²) in [5.74, 6) is 0.111. The average Bonchev–Trinajstić information content (AvgIpc) is 2.60. The number of aliphatic hydroxyl groups is 1. The van der Waals surface area contributed by atoms with E-state index < -0.39 is 10.0 Å². The molecule has 0 spiro atoms. The second-order valence-corrected chi connectivity index (χ2v) is 8.43. The molecule has 1 atom stereocenters. The SMILES string of the molecule is CS(=O)(=O)N1CCC[C@@H](CNC(=O)N(CCO)Cc2ccccc2)C1. The van der Waals surface area contributed by atoms with Crippen LogP contribution in [0.25, 0.3) is 0 Å². The van der Waals surface area contributed by atoms with Crippen molar-refractivity contribution in [2.24, 2.45) is 5.92 Å². The van der Waals surface area contributed by atoms with Crippen LogP contribution in [0.5, 0.6) is 0 Å². The summed E-state index contributed by atoms with van der Waals surface area (Å²) in [7, 11) is -3.19. The van der Waals surface area contributed by atoms with Crippen molar-refractivity contribution in [2.75, 3.05) is 39.0 Å². The molecule has 8 heteroatoms. The molecule has 1 aliphatic rings. The van der Waals surface area contributed by atoms with Gasteiger partial charge in [0.1, 0.15) is 0 Å². The van der Waals surface area contributed by atoms with E-state index in [0.717, 1.165) is 18.4 Å². The lowest BCUT2D eigenvalue weighted by molar-refractivity contribution is 0.170. The van der Waals surface area contributed by atoms with Gasteiger partial charge in [-0.1, -0.05) is 30.3 Å². The molecule has 140 valence electrons. The number of piperidine rings is 1. The molecule has 0 radical (unpaired) electrons. The van der Waals surface area contributed by atoms with Crippen LogP contribution in [0, 0.1) is 5.92 Å². The van der Waals surface area contributed by atoms with Crippen LogP contribution in [0.4, 0.5) is 4.79 Å². The first-order valence-corrected chi connectivity index (χ1v) is 10.4. The van der Waals surface area contributed by atoms with E-state index in [4.69, 9.17) is 0 Å². The van der Waals surface area contributed by atoms with Gasteiger partial charge in [0.15, 0.2) is 0 Å². The molecule has 1 aromatic rings. The highest BCUT2D eigenvalue weighted by Gasteiger charge is 2.26. The number of rotatable bonds is 7. The summed E-state index contributed by atoms with van der Waals surface area (Å²) in [6.45, 7) is 1.99. The van der Waals surface area contributed by atoms with E-state index >= 15 is 0 Å². The number of carbonyl (C=O) groups excluding carboxylic acids is 1. The molecular formula is C17H27N3O4S. The van der Waals surface area contributed by atoms with Crippen molar-refractivity contribution < 1.29 is 18.3 Å². The van der Waals surface area contributed by atoms with Gasteiger partial charge < -0.3 is 15.3 Å². The molecule has 0 aromatic heterocycles. The fourth-order valence-corrected chi connectivity index (χ4v) is 3.96. The zero-order valence-corrected chi connectivity index (χ0v) is 15.4. The van der Waals surface area contributed by atoms with Crippen LogP contribution in [-0.2, 0) is 16.6 Å².